The summed E-state index contributed by atoms with van der Waals surface area (Å²) in [6.45, 7) is 7.68. The molecule has 96 valence electrons. The Kier molecular flexibility index (Phi) is 4.62. The highest BCUT2D eigenvalue weighted by Crippen LogP contribution is 2.08. The van der Waals surface area contributed by atoms with Gasteiger partial charge in [0, 0.05) is 13.1 Å². The third-order valence-corrected chi connectivity index (χ3v) is 2.46. The zero-order chi connectivity index (χ0) is 13.0. The lowest BCUT2D eigenvalue weighted by molar-refractivity contribution is -0.123. The maximum Gasteiger partial charge on any atom is 0.237 e. The Morgan fingerprint density at radius 1 is 1.35 bits per heavy atom. The van der Waals surface area contributed by atoms with Crippen molar-refractivity contribution in [3.8, 4) is 0 Å². The van der Waals surface area contributed by atoms with Crippen LogP contribution in [0.25, 0.3) is 0 Å². The molecular formula is C11H21N5O. The first-order valence-electron chi connectivity index (χ1n) is 5.82. The van der Waals surface area contributed by atoms with E-state index in [-0.39, 0.29) is 24.0 Å². The van der Waals surface area contributed by atoms with Gasteiger partial charge in [0.1, 0.15) is 12.2 Å². The van der Waals surface area contributed by atoms with E-state index in [1.54, 1.807) is 6.33 Å². The number of hydrogen-bond donors (Lipinski definition) is 2. The second-order valence-electron chi connectivity index (χ2n) is 4.57. The Balaban J connectivity index is 2.54. The van der Waals surface area contributed by atoms with Gasteiger partial charge in [0.05, 0.1) is 12.1 Å². The average Bonchev–Trinajstić information content (AvgIpc) is 2.63. The van der Waals surface area contributed by atoms with Gasteiger partial charge < -0.3 is 9.88 Å². The molecule has 0 aliphatic heterocycles. The van der Waals surface area contributed by atoms with Crippen LogP contribution >= 0.6 is 0 Å². The van der Waals surface area contributed by atoms with E-state index in [2.05, 4.69) is 20.8 Å². The molecule has 2 atom stereocenters. The molecule has 0 bridgehead atoms. The molecule has 6 heteroatoms. The first kappa shape index (κ1) is 13.6. The fraction of sp³-hybridized carbons (Fsp3) is 0.727. The Bertz CT molecular complexity index is 374. The fourth-order valence-corrected chi connectivity index (χ4v) is 1.62. The summed E-state index contributed by atoms with van der Waals surface area (Å²) in [5, 5.41) is 13.9. The van der Waals surface area contributed by atoms with Crippen molar-refractivity contribution >= 4 is 5.91 Å². The smallest absolute Gasteiger partial charge is 0.237 e. The minimum atomic E-state index is -0.260. The van der Waals surface area contributed by atoms with E-state index in [1.165, 1.54) is 0 Å². The number of rotatable bonds is 5. The SMILES string of the molecule is CC(C)NC(=O)C(C)NC(C)c1nncn1C. The lowest BCUT2D eigenvalue weighted by Crippen LogP contribution is -2.45. The fourth-order valence-electron chi connectivity index (χ4n) is 1.62. The molecule has 6 nitrogen and oxygen atoms in total. The monoisotopic (exact) mass is 239 g/mol. The summed E-state index contributed by atoms with van der Waals surface area (Å²) >= 11 is 0. The van der Waals surface area contributed by atoms with Gasteiger partial charge in [-0.1, -0.05) is 0 Å². The van der Waals surface area contributed by atoms with Crippen molar-refractivity contribution in [3.63, 3.8) is 0 Å². The van der Waals surface area contributed by atoms with E-state index in [0.717, 1.165) is 5.82 Å². The number of nitrogens with zero attached hydrogens (tertiary/aromatic N) is 3. The van der Waals surface area contributed by atoms with Gasteiger partial charge in [0.25, 0.3) is 0 Å². The van der Waals surface area contributed by atoms with Crippen LogP contribution in [0.5, 0.6) is 0 Å². The van der Waals surface area contributed by atoms with Crippen molar-refractivity contribution in [1.82, 2.24) is 25.4 Å². The van der Waals surface area contributed by atoms with Crippen LogP contribution in [0, 0.1) is 0 Å². The van der Waals surface area contributed by atoms with Crippen molar-refractivity contribution in [2.24, 2.45) is 7.05 Å². The number of carbonyl (C=O) groups is 1. The summed E-state index contributed by atoms with van der Waals surface area (Å²) in [6.07, 6.45) is 1.65. The highest BCUT2D eigenvalue weighted by atomic mass is 16.2. The van der Waals surface area contributed by atoms with E-state index in [0.29, 0.717) is 0 Å². The molecule has 17 heavy (non-hydrogen) atoms. The van der Waals surface area contributed by atoms with Crippen LogP contribution in [0.4, 0.5) is 0 Å². The first-order valence-corrected chi connectivity index (χ1v) is 5.82. The number of amides is 1. The molecule has 1 heterocycles. The van der Waals surface area contributed by atoms with Crippen LogP contribution in [0.15, 0.2) is 6.33 Å². The molecule has 0 aliphatic rings. The summed E-state index contributed by atoms with van der Waals surface area (Å²) in [5.41, 5.74) is 0. The molecule has 1 aromatic heterocycles. The topological polar surface area (TPSA) is 71.8 Å². The largest absolute Gasteiger partial charge is 0.353 e. The van der Waals surface area contributed by atoms with Crippen molar-refractivity contribution in [3.05, 3.63) is 12.2 Å². The Morgan fingerprint density at radius 2 is 2.00 bits per heavy atom. The highest BCUT2D eigenvalue weighted by Gasteiger charge is 2.19. The van der Waals surface area contributed by atoms with Crippen molar-refractivity contribution in [2.45, 2.75) is 45.8 Å². The number of aromatic nitrogens is 3. The molecule has 2 unspecified atom stereocenters. The summed E-state index contributed by atoms with van der Waals surface area (Å²) in [6, 6.07) is -0.128. The van der Waals surface area contributed by atoms with Gasteiger partial charge in [-0.25, -0.2) is 0 Å². The van der Waals surface area contributed by atoms with Crippen molar-refractivity contribution < 1.29 is 4.79 Å². The predicted octanol–water partition coefficient (Wildman–Crippen LogP) is 0.379. The van der Waals surface area contributed by atoms with E-state index < -0.39 is 0 Å². The Hall–Kier alpha value is -1.43. The summed E-state index contributed by atoms with van der Waals surface area (Å²) < 4.78 is 1.84. The number of aryl methyl sites for hydroxylation is 1. The minimum Gasteiger partial charge on any atom is -0.353 e. The van der Waals surface area contributed by atoms with Crippen LogP contribution in [0.2, 0.25) is 0 Å². The van der Waals surface area contributed by atoms with Gasteiger partial charge in [0.15, 0.2) is 0 Å². The molecule has 2 N–H and O–H groups in total. The van der Waals surface area contributed by atoms with Crippen molar-refractivity contribution in [2.75, 3.05) is 0 Å². The van der Waals surface area contributed by atoms with Gasteiger partial charge in [-0.2, -0.15) is 0 Å². The number of hydrogen-bond acceptors (Lipinski definition) is 4. The van der Waals surface area contributed by atoms with Gasteiger partial charge in [-0.05, 0) is 27.7 Å². The maximum atomic E-state index is 11.7. The number of carbonyl (C=O) groups excluding carboxylic acids is 1. The molecule has 0 aliphatic carbocycles. The highest BCUT2D eigenvalue weighted by molar-refractivity contribution is 5.81. The molecule has 0 saturated heterocycles. The number of nitrogens with one attached hydrogen (secondary N) is 2. The molecule has 0 spiro atoms. The zero-order valence-electron chi connectivity index (χ0n) is 11.1. The quantitative estimate of drug-likeness (QED) is 0.779. The van der Waals surface area contributed by atoms with Crippen LogP contribution in [-0.4, -0.2) is 32.8 Å². The normalized spacial score (nSPS) is 14.7. The van der Waals surface area contributed by atoms with Crippen LogP contribution in [0.1, 0.15) is 39.6 Å². The van der Waals surface area contributed by atoms with E-state index in [4.69, 9.17) is 0 Å². The minimum absolute atomic E-state index is 0.00554. The summed E-state index contributed by atoms with van der Waals surface area (Å²) in [5.74, 6) is 0.809. The summed E-state index contributed by atoms with van der Waals surface area (Å²) in [4.78, 5) is 11.7. The van der Waals surface area contributed by atoms with E-state index >= 15 is 0 Å². The third kappa shape index (κ3) is 3.81. The molecule has 0 saturated carbocycles. The predicted molar refractivity (Wildman–Crippen MR) is 65.3 cm³/mol. The van der Waals surface area contributed by atoms with E-state index in [9.17, 15) is 4.79 Å². The molecule has 1 amide bonds. The lowest BCUT2D eigenvalue weighted by Gasteiger charge is -2.20. The lowest BCUT2D eigenvalue weighted by atomic mass is 10.2. The summed E-state index contributed by atoms with van der Waals surface area (Å²) in [7, 11) is 1.88. The van der Waals surface area contributed by atoms with Gasteiger partial charge >= 0.3 is 0 Å². The second kappa shape index (κ2) is 5.77. The van der Waals surface area contributed by atoms with Crippen LogP contribution < -0.4 is 10.6 Å². The third-order valence-electron chi connectivity index (χ3n) is 2.46. The molecular weight excluding hydrogens is 218 g/mol. The Labute approximate surface area is 102 Å². The van der Waals surface area contributed by atoms with Crippen LogP contribution in [0.3, 0.4) is 0 Å². The maximum absolute atomic E-state index is 11.7. The molecule has 1 aromatic rings. The molecule has 0 fully saturated rings. The zero-order valence-corrected chi connectivity index (χ0v) is 11.1. The van der Waals surface area contributed by atoms with Crippen molar-refractivity contribution in [1.29, 1.82) is 0 Å². The van der Waals surface area contributed by atoms with Gasteiger partial charge in [-0.3, -0.25) is 10.1 Å². The first-order chi connectivity index (χ1) is 7.91. The molecule has 1 rings (SSSR count). The van der Waals surface area contributed by atoms with Gasteiger partial charge in [-0.15, -0.1) is 10.2 Å². The molecule has 0 radical (unpaired) electrons. The second-order valence-corrected chi connectivity index (χ2v) is 4.57. The Morgan fingerprint density at radius 3 is 2.47 bits per heavy atom. The molecule has 0 aromatic carbocycles. The standard InChI is InChI=1S/C11H21N5O/c1-7(2)13-11(17)9(4)14-8(3)10-15-12-6-16(10)5/h6-9,14H,1-5H3,(H,13,17). The van der Waals surface area contributed by atoms with Gasteiger partial charge in [0.2, 0.25) is 5.91 Å². The average molecular weight is 239 g/mol. The van der Waals surface area contributed by atoms with Crippen LogP contribution in [-0.2, 0) is 11.8 Å². The van der Waals surface area contributed by atoms with E-state index in [1.807, 2.05) is 39.3 Å².